The number of ether oxygens (including phenoxy) is 1. The van der Waals surface area contributed by atoms with Gasteiger partial charge in [0.15, 0.2) is 11.5 Å². The Kier molecular flexibility index (Phi) is 6.39. The fraction of sp³-hybridized carbons (Fsp3) is 0.485. The monoisotopic (exact) mass is 528 g/mol. The molecule has 5 atom stereocenters. The van der Waals surface area contributed by atoms with Crippen molar-refractivity contribution in [3.8, 4) is 11.5 Å². The van der Waals surface area contributed by atoms with E-state index in [1.165, 1.54) is 0 Å². The van der Waals surface area contributed by atoms with Crippen LogP contribution in [0.4, 0.5) is 0 Å². The quantitative estimate of drug-likeness (QED) is 0.406. The summed E-state index contributed by atoms with van der Waals surface area (Å²) in [4.78, 5) is 18.2. The number of hydrogen-bond acceptors (Lipinski definition) is 5. The minimum Gasteiger partial charge on any atom is -0.504 e. The van der Waals surface area contributed by atoms with Gasteiger partial charge in [0.25, 0.3) is 0 Å². The van der Waals surface area contributed by atoms with Crippen molar-refractivity contribution in [1.82, 2.24) is 9.80 Å². The molecule has 206 valence electrons. The third kappa shape index (κ3) is 3.86. The molecule has 2 aromatic rings. The number of rotatable bonds is 7. The van der Waals surface area contributed by atoms with Gasteiger partial charge >= 0.3 is 0 Å². The summed E-state index contributed by atoms with van der Waals surface area (Å²) in [5.74, 6) is 0.843. The molecule has 0 radical (unpaired) electrons. The minimum atomic E-state index is -1.01. The topological polar surface area (TPSA) is 73.2 Å². The van der Waals surface area contributed by atoms with Crippen LogP contribution in [0.25, 0.3) is 6.08 Å². The maximum Gasteiger partial charge on any atom is 0.246 e. The second-order valence-corrected chi connectivity index (χ2v) is 12.4. The molecule has 2 aromatic carbocycles. The van der Waals surface area contributed by atoms with Crippen molar-refractivity contribution in [2.75, 3.05) is 19.6 Å². The predicted octanol–water partition coefficient (Wildman–Crippen LogP) is 4.61. The Balaban J connectivity index is 1.42. The van der Waals surface area contributed by atoms with E-state index in [1.807, 2.05) is 48.2 Å². The van der Waals surface area contributed by atoms with Crippen molar-refractivity contribution in [2.45, 2.75) is 75.7 Å². The molecule has 0 aromatic heterocycles. The first-order valence-corrected chi connectivity index (χ1v) is 14.3. The highest BCUT2D eigenvalue weighted by molar-refractivity contribution is 5.92. The van der Waals surface area contributed by atoms with E-state index < -0.39 is 17.1 Å². The Morgan fingerprint density at radius 3 is 2.85 bits per heavy atom. The normalized spacial score (nSPS) is 30.7. The number of aryl methyl sites for hydroxylation is 1. The van der Waals surface area contributed by atoms with Crippen LogP contribution >= 0.6 is 0 Å². The van der Waals surface area contributed by atoms with Crippen LogP contribution in [0.5, 0.6) is 11.5 Å². The van der Waals surface area contributed by atoms with Crippen LogP contribution in [0.1, 0.15) is 55.4 Å². The number of aromatic hydroxyl groups is 1. The molecule has 6 nitrogen and oxygen atoms in total. The van der Waals surface area contributed by atoms with E-state index in [0.29, 0.717) is 38.0 Å². The number of carbonyl (C=O) groups is 1. The van der Waals surface area contributed by atoms with Crippen LogP contribution in [-0.4, -0.2) is 69.3 Å². The van der Waals surface area contributed by atoms with Crippen LogP contribution in [0, 0.1) is 12.8 Å². The molecule has 1 amide bonds. The molecule has 2 heterocycles. The van der Waals surface area contributed by atoms with E-state index >= 15 is 0 Å². The summed E-state index contributed by atoms with van der Waals surface area (Å²) in [7, 11) is 0. The van der Waals surface area contributed by atoms with E-state index in [-0.39, 0.29) is 29.7 Å². The van der Waals surface area contributed by atoms with Gasteiger partial charge in [0.2, 0.25) is 5.91 Å². The fourth-order valence-corrected chi connectivity index (χ4v) is 8.13. The molecular weight excluding hydrogens is 488 g/mol. The Morgan fingerprint density at radius 1 is 1.28 bits per heavy atom. The van der Waals surface area contributed by atoms with Gasteiger partial charge in [-0.05, 0) is 68.3 Å². The van der Waals surface area contributed by atoms with Crippen LogP contribution in [-0.2, 0) is 16.6 Å². The molecule has 6 rings (SSSR count). The van der Waals surface area contributed by atoms with Crippen LogP contribution < -0.4 is 4.74 Å². The fourth-order valence-electron chi connectivity index (χ4n) is 8.13. The molecule has 1 spiro atoms. The van der Waals surface area contributed by atoms with Crippen molar-refractivity contribution in [1.29, 1.82) is 0 Å². The number of nitrogens with zero attached hydrogens (tertiary/aromatic N) is 2. The summed E-state index contributed by atoms with van der Waals surface area (Å²) in [6, 6.07) is 11.6. The van der Waals surface area contributed by atoms with Gasteiger partial charge in [-0.2, -0.15) is 0 Å². The summed E-state index contributed by atoms with van der Waals surface area (Å²) in [6.07, 6.45) is 7.69. The summed E-state index contributed by atoms with van der Waals surface area (Å²) < 4.78 is 6.71. The molecule has 2 bridgehead atoms. The molecule has 6 heteroatoms. The third-order valence-corrected chi connectivity index (χ3v) is 9.61. The Hall–Kier alpha value is -3.09. The zero-order valence-electron chi connectivity index (χ0n) is 23.3. The molecule has 1 saturated carbocycles. The lowest BCUT2D eigenvalue weighted by atomic mass is 9.48. The molecule has 4 aliphatic rings. The maximum absolute atomic E-state index is 13.9. The largest absolute Gasteiger partial charge is 0.504 e. The highest BCUT2D eigenvalue weighted by atomic mass is 16.5. The number of amides is 1. The molecule has 2 fully saturated rings. The Bertz CT molecular complexity index is 1330. The van der Waals surface area contributed by atoms with Gasteiger partial charge in [-0.15, -0.1) is 6.58 Å². The summed E-state index contributed by atoms with van der Waals surface area (Å²) in [5, 5.41) is 23.6. The van der Waals surface area contributed by atoms with Gasteiger partial charge in [0, 0.05) is 30.8 Å². The van der Waals surface area contributed by atoms with E-state index in [2.05, 4.69) is 31.4 Å². The van der Waals surface area contributed by atoms with E-state index in [1.54, 1.807) is 12.1 Å². The molecular formula is C33H40N2O4. The highest BCUT2D eigenvalue weighted by Crippen LogP contribution is 2.65. The minimum absolute atomic E-state index is 0.0440. The van der Waals surface area contributed by atoms with Gasteiger partial charge in [-0.3, -0.25) is 9.69 Å². The number of likely N-dealkylation sites (tertiary alicyclic amines) is 1. The molecule has 2 aliphatic heterocycles. The lowest BCUT2D eigenvalue weighted by molar-refractivity contribution is -0.199. The lowest BCUT2D eigenvalue weighted by Gasteiger charge is -2.64. The predicted molar refractivity (Wildman–Crippen MR) is 153 cm³/mol. The van der Waals surface area contributed by atoms with Crippen LogP contribution in [0.2, 0.25) is 0 Å². The standard InChI is InChI=1S/C33H40N2O4/c1-5-16-34-17-15-32-29-24-10-11-26(36)30(29)39-31(32)25(13-14-33(32,38)27(34)19-24)35(20-21(2)3)28(37)12-9-23-8-6-7-22(4)18-23/h5-12,18,21,25,27,31,36,38H,1,13-17,19-20H2,2-4H3/t25-,27-,31+,32+,33-/m1/s1. The number of carbonyl (C=O) groups excluding carboxylic acids is 1. The highest BCUT2D eigenvalue weighted by Gasteiger charge is 2.73. The molecule has 1 saturated heterocycles. The van der Waals surface area contributed by atoms with Crippen molar-refractivity contribution >= 4 is 12.0 Å². The van der Waals surface area contributed by atoms with Crippen molar-refractivity contribution < 1.29 is 19.7 Å². The van der Waals surface area contributed by atoms with Gasteiger partial charge in [0.1, 0.15) is 6.10 Å². The van der Waals surface area contributed by atoms with Crippen molar-refractivity contribution in [2.24, 2.45) is 5.92 Å². The smallest absolute Gasteiger partial charge is 0.246 e. The number of piperidine rings is 1. The van der Waals surface area contributed by atoms with Gasteiger partial charge < -0.3 is 19.8 Å². The van der Waals surface area contributed by atoms with Crippen LogP contribution in [0.3, 0.4) is 0 Å². The average molecular weight is 529 g/mol. The van der Waals surface area contributed by atoms with Crippen molar-refractivity contribution in [3.05, 3.63) is 77.4 Å². The van der Waals surface area contributed by atoms with Crippen molar-refractivity contribution in [3.63, 3.8) is 0 Å². The van der Waals surface area contributed by atoms with E-state index in [9.17, 15) is 15.0 Å². The second-order valence-electron chi connectivity index (χ2n) is 12.4. The number of hydrogen-bond donors (Lipinski definition) is 2. The molecule has 2 N–H and O–H groups in total. The summed E-state index contributed by atoms with van der Waals surface area (Å²) in [5.41, 5.74) is 2.57. The first-order chi connectivity index (χ1) is 18.7. The molecule has 2 aliphatic carbocycles. The van der Waals surface area contributed by atoms with E-state index in [4.69, 9.17) is 4.74 Å². The SMILES string of the molecule is C=CCN1CC[C@]23c4c5ccc(O)c4O[C@H]2[C@H](N(CC(C)C)C(=O)C=Cc2cccc(C)c2)CC[C@@]3(O)[C@H]1C5. The zero-order valence-corrected chi connectivity index (χ0v) is 23.3. The van der Waals surface area contributed by atoms with E-state index in [0.717, 1.165) is 35.3 Å². The first kappa shape index (κ1) is 26.1. The number of phenolic OH excluding ortho intramolecular Hbond substituents is 1. The average Bonchev–Trinajstić information content (AvgIpc) is 3.25. The second kappa shape index (κ2) is 9.53. The zero-order chi connectivity index (χ0) is 27.5. The molecule has 39 heavy (non-hydrogen) atoms. The Morgan fingerprint density at radius 2 is 2.10 bits per heavy atom. The first-order valence-electron chi connectivity index (χ1n) is 14.3. The summed E-state index contributed by atoms with van der Waals surface area (Å²) in [6.45, 7) is 12.4. The van der Waals surface area contributed by atoms with Crippen LogP contribution in [0.15, 0.2) is 55.1 Å². The number of benzene rings is 2. The molecule has 0 unspecified atom stereocenters. The third-order valence-electron chi connectivity index (χ3n) is 9.61. The maximum atomic E-state index is 13.9. The Labute approximate surface area is 231 Å². The van der Waals surface area contributed by atoms with Gasteiger partial charge in [-0.1, -0.05) is 55.8 Å². The van der Waals surface area contributed by atoms with Gasteiger partial charge in [0.05, 0.1) is 17.1 Å². The number of aliphatic hydroxyl groups is 1. The lowest BCUT2D eigenvalue weighted by Crippen LogP contribution is -2.78. The number of phenols is 1. The van der Waals surface area contributed by atoms with Gasteiger partial charge in [-0.25, -0.2) is 0 Å². The summed E-state index contributed by atoms with van der Waals surface area (Å²) >= 11 is 0.